The van der Waals surface area contributed by atoms with Crippen molar-refractivity contribution in [2.75, 3.05) is 13.1 Å². The van der Waals surface area contributed by atoms with Crippen LogP contribution in [0.1, 0.15) is 36.0 Å². The van der Waals surface area contributed by atoms with Gasteiger partial charge in [-0.1, -0.05) is 6.07 Å². The molecule has 1 aromatic carbocycles. The SMILES string of the molecule is NCCC[C@@H](NC(=O)c1cccc(O)c1O)C(=O)N[C@@H]1CCCN(O)C1=O. The van der Waals surface area contributed by atoms with E-state index >= 15 is 0 Å². The van der Waals surface area contributed by atoms with E-state index in [1.54, 1.807) is 0 Å². The largest absolute Gasteiger partial charge is 0.504 e. The molecule has 0 aliphatic carbocycles. The number of carbonyl (C=O) groups is 3. The van der Waals surface area contributed by atoms with Gasteiger partial charge in [-0.15, -0.1) is 0 Å². The van der Waals surface area contributed by atoms with Crippen LogP contribution in [0.2, 0.25) is 0 Å². The average molecular weight is 380 g/mol. The number of carbonyl (C=O) groups excluding carboxylic acids is 3. The molecule has 0 unspecified atom stereocenters. The van der Waals surface area contributed by atoms with E-state index in [0.717, 1.165) is 0 Å². The summed E-state index contributed by atoms with van der Waals surface area (Å²) in [6.07, 6.45) is 1.57. The molecule has 7 N–H and O–H groups in total. The van der Waals surface area contributed by atoms with Crippen LogP contribution in [0, 0.1) is 0 Å². The molecule has 10 heteroatoms. The predicted molar refractivity (Wildman–Crippen MR) is 94.0 cm³/mol. The molecule has 0 saturated carbocycles. The second kappa shape index (κ2) is 9.19. The molecule has 0 bridgehead atoms. The molecule has 0 aromatic heterocycles. The number of benzene rings is 1. The first-order valence-corrected chi connectivity index (χ1v) is 8.67. The Morgan fingerprint density at radius 3 is 2.78 bits per heavy atom. The number of hydrogen-bond donors (Lipinski definition) is 6. The summed E-state index contributed by atoms with van der Waals surface area (Å²) in [5, 5.41) is 34.4. The van der Waals surface area contributed by atoms with Gasteiger partial charge in [-0.25, -0.2) is 5.06 Å². The minimum atomic E-state index is -0.996. The standard InChI is InChI=1S/C17H24N4O6/c18-8-2-5-11(16(25)20-12-6-3-9-21(27)17(12)26)19-15(24)10-4-1-7-13(22)14(10)23/h1,4,7,11-12,22-23,27H,2-3,5-6,8-9,18H2,(H,19,24)(H,20,25)/t11-,12-/m1/s1. The quantitative estimate of drug-likeness (QED) is 0.272. The molecule has 0 radical (unpaired) electrons. The lowest BCUT2D eigenvalue weighted by Gasteiger charge is -2.29. The molecule has 1 fully saturated rings. The highest BCUT2D eigenvalue weighted by Crippen LogP contribution is 2.28. The van der Waals surface area contributed by atoms with Gasteiger partial charge in [-0.2, -0.15) is 0 Å². The van der Waals surface area contributed by atoms with E-state index in [9.17, 15) is 29.8 Å². The number of rotatable bonds is 7. The van der Waals surface area contributed by atoms with Crippen LogP contribution in [0.4, 0.5) is 0 Å². The van der Waals surface area contributed by atoms with Crippen LogP contribution >= 0.6 is 0 Å². The highest BCUT2D eigenvalue weighted by molar-refractivity contribution is 6.00. The molecule has 10 nitrogen and oxygen atoms in total. The van der Waals surface area contributed by atoms with Crippen LogP contribution in [0.5, 0.6) is 11.5 Å². The molecule has 148 valence electrons. The minimum Gasteiger partial charge on any atom is -0.504 e. The summed E-state index contributed by atoms with van der Waals surface area (Å²) >= 11 is 0. The normalized spacial score (nSPS) is 18.1. The summed E-state index contributed by atoms with van der Waals surface area (Å²) in [4.78, 5) is 36.9. The Labute approximate surface area is 155 Å². The molecular formula is C17H24N4O6. The highest BCUT2D eigenvalue weighted by atomic mass is 16.5. The summed E-state index contributed by atoms with van der Waals surface area (Å²) in [6.45, 7) is 0.499. The number of nitrogens with one attached hydrogen (secondary N) is 2. The fraction of sp³-hybridized carbons (Fsp3) is 0.471. The zero-order valence-corrected chi connectivity index (χ0v) is 14.7. The van der Waals surface area contributed by atoms with Crippen molar-refractivity contribution in [3.8, 4) is 11.5 Å². The van der Waals surface area contributed by atoms with Crippen molar-refractivity contribution >= 4 is 17.7 Å². The molecule has 1 aromatic rings. The number of piperidine rings is 1. The van der Waals surface area contributed by atoms with E-state index in [0.29, 0.717) is 30.9 Å². The van der Waals surface area contributed by atoms with E-state index < -0.39 is 41.3 Å². The molecule has 1 heterocycles. The van der Waals surface area contributed by atoms with Gasteiger partial charge in [0.2, 0.25) is 5.91 Å². The van der Waals surface area contributed by atoms with E-state index in [2.05, 4.69) is 10.6 Å². The van der Waals surface area contributed by atoms with Crippen LogP contribution in [0.25, 0.3) is 0 Å². The summed E-state index contributed by atoms with van der Waals surface area (Å²) in [5.41, 5.74) is 5.29. The topological polar surface area (TPSA) is 165 Å². The fourth-order valence-corrected chi connectivity index (χ4v) is 2.81. The van der Waals surface area contributed by atoms with Crippen molar-refractivity contribution in [1.29, 1.82) is 0 Å². The Morgan fingerprint density at radius 2 is 2.07 bits per heavy atom. The Hall–Kier alpha value is -2.85. The van der Waals surface area contributed by atoms with E-state index in [4.69, 9.17) is 5.73 Å². The van der Waals surface area contributed by atoms with Gasteiger partial charge in [0.05, 0.1) is 5.56 Å². The average Bonchev–Trinajstić information content (AvgIpc) is 2.64. The highest BCUT2D eigenvalue weighted by Gasteiger charge is 2.32. The molecule has 1 saturated heterocycles. The smallest absolute Gasteiger partial charge is 0.268 e. The van der Waals surface area contributed by atoms with Crippen LogP contribution in [0.3, 0.4) is 0 Å². The third kappa shape index (κ3) is 5.08. The molecule has 1 aliphatic heterocycles. The first-order valence-electron chi connectivity index (χ1n) is 8.67. The number of amides is 3. The number of phenols is 2. The third-order valence-corrected chi connectivity index (χ3v) is 4.31. The third-order valence-electron chi connectivity index (χ3n) is 4.31. The van der Waals surface area contributed by atoms with E-state index in [-0.39, 0.29) is 18.5 Å². The Kier molecular flexibility index (Phi) is 6.97. The number of phenolic OH excluding ortho intramolecular Hbond substituents is 2. The number of nitrogens with two attached hydrogens (primary N) is 1. The lowest BCUT2D eigenvalue weighted by atomic mass is 10.0. The predicted octanol–water partition coefficient (Wildman–Crippen LogP) is -0.569. The van der Waals surface area contributed by atoms with Crippen molar-refractivity contribution in [2.24, 2.45) is 5.73 Å². The molecular weight excluding hydrogens is 356 g/mol. The first-order chi connectivity index (χ1) is 12.8. The minimum absolute atomic E-state index is 0.184. The molecule has 3 amide bonds. The van der Waals surface area contributed by atoms with Crippen molar-refractivity contribution in [3.63, 3.8) is 0 Å². The first kappa shape index (κ1) is 20.5. The van der Waals surface area contributed by atoms with Crippen molar-refractivity contribution < 1.29 is 29.8 Å². The second-order valence-electron chi connectivity index (χ2n) is 6.30. The lowest BCUT2D eigenvalue weighted by molar-refractivity contribution is -0.173. The van der Waals surface area contributed by atoms with Gasteiger partial charge in [0, 0.05) is 6.54 Å². The Morgan fingerprint density at radius 1 is 1.33 bits per heavy atom. The van der Waals surface area contributed by atoms with Gasteiger partial charge in [-0.3, -0.25) is 19.6 Å². The number of para-hydroxylation sites is 1. The van der Waals surface area contributed by atoms with E-state index in [1.807, 2.05) is 0 Å². The molecule has 1 aliphatic rings. The van der Waals surface area contributed by atoms with Crippen LogP contribution in [-0.4, -0.2) is 63.4 Å². The Bertz CT molecular complexity index is 711. The second-order valence-corrected chi connectivity index (χ2v) is 6.30. The molecule has 2 rings (SSSR count). The maximum absolute atomic E-state index is 12.6. The summed E-state index contributed by atoms with van der Waals surface area (Å²) in [6, 6.07) is 2.04. The number of nitrogens with zero attached hydrogens (tertiary/aromatic N) is 1. The molecule has 27 heavy (non-hydrogen) atoms. The number of hydrogen-bond acceptors (Lipinski definition) is 7. The van der Waals surface area contributed by atoms with E-state index in [1.165, 1.54) is 18.2 Å². The van der Waals surface area contributed by atoms with Crippen molar-refractivity contribution in [1.82, 2.24) is 15.7 Å². The maximum Gasteiger partial charge on any atom is 0.268 e. The summed E-state index contributed by atoms with van der Waals surface area (Å²) in [7, 11) is 0. The Balaban J connectivity index is 2.09. The number of hydroxylamine groups is 2. The van der Waals surface area contributed by atoms with Gasteiger partial charge in [0.25, 0.3) is 11.8 Å². The van der Waals surface area contributed by atoms with Gasteiger partial charge in [0.15, 0.2) is 11.5 Å². The molecule has 2 atom stereocenters. The monoisotopic (exact) mass is 380 g/mol. The van der Waals surface area contributed by atoms with Gasteiger partial charge in [-0.05, 0) is 44.4 Å². The van der Waals surface area contributed by atoms with Gasteiger partial charge < -0.3 is 26.6 Å². The molecule has 0 spiro atoms. The van der Waals surface area contributed by atoms with Crippen molar-refractivity contribution in [2.45, 2.75) is 37.8 Å². The van der Waals surface area contributed by atoms with Gasteiger partial charge >= 0.3 is 0 Å². The van der Waals surface area contributed by atoms with Crippen LogP contribution in [0.15, 0.2) is 18.2 Å². The summed E-state index contributed by atoms with van der Waals surface area (Å²) in [5.74, 6) is -3.00. The van der Waals surface area contributed by atoms with Crippen molar-refractivity contribution in [3.05, 3.63) is 23.8 Å². The van der Waals surface area contributed by atoms with Crippen LogP contribution < -0.4 is 16.4 Å². The fourth-order valence-electron chi connectivity index (χ4n) is 2.81. The maximum atomic E-state index is 12.6. The zero-order valence-electron chi connectivity index (χ0n) is 14.7. The zero-order chi connectivity index (χ0) is 20.0. The van der Waals surface area contributed by atoms with Gasteiger partial charge in [0.1, 0.15) is 12.1 Å². The summed E-state index contributed by atoms with van der Waals surface area (Å²) < 4.78 is 0. The lowest BCUT2D eigenvalue weighted by Crippen LogP contribution is -2.55. The van der Waals surface area contributed by atoms with Crippen LogP contribution in [-0.2, 0) is 9.59 Å². The number of aromatic hydroxyl groups is 2.